The number of hydrogen-bond donors (Lipinski definition) is 4. The molecule has 0 spiro atoms. The molecule has 0 heterocycles. The molecular weight excluding hydrogens is 418 g/mol. The molecule has 0 aliphatic heterocycles. The Kier molecular flexibility index (Phi) is 6.07. The lowest BCUT2D eigenvalue weighted by molar-refractivity contribution is 0.0182. The Hall–Kier alpha value is -3.49. The Balaban J connectivity index is 1.35. The van der Waals surface area contributed by atoms with Gasteiger partial charge in [0, 0.05) is 12.5 Å². The van der Waals surface area contributed by atoms with E-state index in [4.69, 9.17) is 10.5 Å². The number of amides is 1. The highest BCUT2D eigenvalue weighted by Gasteiger charge is 2.29. The number of halogens is 2. The van der Waals surface area contributed by atoms with Gasteiger partial charge in [0.25, 0.3) is 0 Å². The highest BCUT2D eigenvalue weighted by atomic mass is 19.1. The van der Waals surface area contributed by atoms with E-state index >= 15 is 0 Å². The number of hydrogen-bond acceptors (Lipinski definition) is 5. The molecule has 166 valence electrons. The topological polar surface area (TPSA) is 105 Å². The van der Waals surface area contributed by atoms with Crippen LogP contribution in [-0.2, 0) is 4.74 Å². The number of ether oxygens (including phenoxy) is 1. The number of rotatable bonds is 6. The van der Waals surface area contributed by atoms with Gasteiger partial charge in [0.05, 0.1) is 0 Å². The van der Waals surface area contributed by atoms with Gasteiger partial charge in [-0.3, -0.25) is 0 Å². The fraction of sp³-hybridized carbons (Fsp3) is 0.208. The summed E-state index contributed by atoms with van der Waals surface area (Å²) in [4.78, 5) is 12.2. The van der Waals surface area contributed by atoms with E-state index in [-0.39, 0.29) is 24.6 Å². The second kappa shape index (κ2) is 8.94. The van der Waals surface area contributed by atoms with Crippen LogP contribution in [0.15, 0.2) is 60.7 Å². The van der Waals surface area contributed by atoms with Crippen LogP contribution in [0.3, 0.4) is 0 Å². The van der Waals surface area contributed by atoms with E-state index in [0.717, 1.165) is 34.4 Å². The maximum Gasteiger partial charge on any atom is 0.407 e. The maximum absolute atomic E-state index is 13.6. The molecule has 0 radical (unpaired) electrons. The third-order valence-electron chi connectivity index (χ3n) is 5.61. The second-order valence-electron chi connectivity index (χ2n) is 7.62. The highest BCUT2D eigenvalue weighted by molar-refractivity contribution is 5.79. The molecule has 1 amide bonds. The minimum absolute atomic E-state index is 0.0902. The fourth-order valence-corrected chi connectivity index (χ4v) is 3.95. The summed E-state index contributed by atoms with van der Waals surface area (Å²) in [6.45, 7) is -0.293. The summed E-state index contributed by atoms with van der Waals surface area (Å²) in [6, 6.07) is 17.5. The average molecular weight is 440 g/mol. The number of alkyl carbamates (subject to hydrolysis) is 1. The molecule has 32 heavy (non-hydrogen) atoms. The summed E-state index contributed by atoms with van der Waals surface area (Å²) >= 11 is 0. The van der Waals surface area contributed by atoms with E-state index in [0.29, 0.717) is 0 Å². The van der Waals surface area contributed by atoms with Gasteiger partial charge in [-0.1, -0.05) is 48.5 Å². The van der Waals surface area contributed by atoms with E-state index in [9.17, 15) is 23.8 Å². The third kappa shape index (κ3) is 4.15. The van der Waals surface area contributed by atoms with Crippen LogP contribution in [0.2, 0.25) is 0 Å². The lowest BCUT2D eigenvalue weighted by Gasteiger charge is -2.20. The molecule has 2 unspecified atom stereocenters. The first-order valence-electron chi connectivity index (χ1n) is 10.1. The predicted octanol–water partition coefficient (Wildman–Crippen LogP) is 3.48. The molecule has 8 heteroatoms. The summed E-state index contributed by atoms with van der Waals surface area (Å²) < 4.78 is 32.5. The fourth-order valence-electron chi connectivity index (χ4n) is 3.95. The quantitative estimate of drug-likeness (QED) is 0.440. The Morgan fingerprint density at radius 2 is 1.53 bits per heavy atom. The zero-order valence-corrected chi connectivity index (χ0v) is 17.0. The van der Waals surface area contributed by atoms with Gasteiger partial charge in [-0.2, -0.15) is 0 Å². The first kappa shape index (κ1) is 21.7. The van der Waals surface area contributed by atoms with Gasteiger partial charge in [-0.25, -0.2) is 13.6 Å². The number of carbonyl (C=O) groups excluding carboxylic acids is 1. The molecule has 1 aliphatic rings. The molecular formula is C24H22F2N2O4. The Labute approximate surface area is 183 Å². The number of anilines is 1. The number of benzene rings is 3. The number of nitrogen functional groups attached to an aromatic ring is 1. The summed E-state index contributed by atoms with van der Waals surface area (Å²) in [5.74, 6) is -2.21. The SMILES string of the molecule is Nc1c(F)cc(C(O)C(O)CNC(=O)OCC2c3ccccc3-c3ccccc32)cc1F. The number of aliphatic hydroxyl groups is 2. The minimum Gasteiger partial charge on any atom is -0.449 e. The van der Waals surface area contributed by atoms with Crippen molar-refractivity contribution in [3.05, 3.63) is 89.0 Å². The lowest BCUT2D eigenvalue weighted by Crippen LogP contribution is -2.36. The first-order valence-corrected chi connectivity index (χ1v) is 10.1. The largest absolute Gasteiger partial charge is 0.449 e. The van der Waals surface area contributed by atoms with Gasteiger partial charge < -0.3 is 26.0 Å². The van der Waals surface area contributed by atoms with Crippen LogP contribution >= 0.6 is 0 Å². The van der Waals surface area contributed by atoms with Gasteiger partial charge in [-0.15, -0.1) is 0 Å². The van der Waals surface area contributed by atoms with Crippen LogP contribution in [0.1, 0.15) is 28.7 Å². The number of carbonyl (C=O) groups is 1. The van der Waals surface area contributed by atoms with Crippen molar-refractivity contribution in [2.45, 2.75) is 18.1 Å². The normalized spacial score (nSPS) is 14.4. The molecule has 3 aromatic rings. The van der Waals surface area contributed by atoms with Crippen molar-refractivity contribution in [1.82, 2.24) is 5.32 Å². The van der Waals surface area contributed by atoms with E-state index in [2.05, 4.69) is 5.32 Å². The summed E-state index contributed by atoms with van der Waals surface area (Å²) in [5.41, 5.74) is 8.64. The molecule has 4 rings (SSSR count). The van der Waals surface area contributed by atoms with E-state index in [1.165, 1.54) is 0 Å². The molecule has 0 fully saturated rings. The monoisotopic (exact) mass is 440 g/mol. The van der Waals surface area contributed by atoms with Crippen LogP contribution in [-0.4, -0.2) is 35.6 Å². The van der Waals surface area contributed by atoms with Crippen LogP contribution in [0.4, 0.5) is 19.3 Å². The molecule has 0 saturated carbocycles. The van der Waals surface area contributed by atoms with Crippen molar-refractivity contribution >= 4 is 11.8 Å². The maximum atomic E-state index is 13.6. The number of fused-ring (bicyclic) bond motifs is 3. The molecule has 0 saturated heterocycles. The molecule has 3 aromatic carbocycles. The smallest absolute Gasteiger partial charge is 0.407 e. The van der Waals surface area contributed by atoms with Gasteiger partial charge >= 0.3 is 6.09 Å². The minimum atomic E-state index is -1.63. The molecule has 0 bridgehead atoms. The standard InChI is InChI=1S/C24H22F2N2O4/c25-19-9-13(10-20(26)22(19)27)23(30)21(29)11-28-24(31)32-12-18-16-7-3-1-5-14(16)15-6-2-4-8-17(15)18/h1-10,18,21,23,29-30H,11-12,27H2,(H,28,31). The zero-order valence-electron chi connectivity index (χ0n) is 17.0. The third-order valence-corrected chi connectivity index (χ3v) is 5.61. The first-order chi connectivity index (χ1) is 15.4. The van der Waals surface area contributed by atoms with E-state index < -0.39 is 35.6 Å². The molecule has 2 atom stereocenters. The van der Waals surface area contributed by atoms with Crippen molar-refractivity contribution in [2.75, 3.05) is 18.9 Å². The Morgan fingerprint density at radius 3 is 2.09 bits per heavy atom. The number of nitrogens with two attached hydrogens (primary N) is 1. The van der Waals surface area contributed by atoms with Crippen molar-refractivity contribution in [3.8, 4) is 11.1 Å². The van der Waals surface area contributed by atoms with Gasteiger partial charge in [0.2, 0.25) is 0 Å². The number of nitrogens with one attached hydrogen (secondary N) is 1. The van der Waals surface area contributed by atoms with E-state index in [1.54, 1.807) is 0 Å². The van der Waals surface area contributed by atoms with Crippen molar-refractivity contribution in [2.24, 2.45) is 0 Å². The van der Waals surface area contributed by atoms with Gasteiger partial charge in [-0.05, 0) is 39.9 Å². The van der Waals surface area contributed by atoms with E-state index in [1.807, 2.05) is 48.5 Å². The number of aliphatic hydroxyl groups excluding tert-OH is 2. The Bertz CT molecular complexity index is 1090. The summed E-state index contributed by atoms with van der Waals surface area (Å²) in [7, 11) is 0. The van der Waals surface area contributed by atoms with Gasteiger partial charge in [0.1, 0.15) is 36.1 Å². The summed E-state index contributed by atoms with van der Waals surface area (Å²) in [5, 5.41) is 22.6. The van der Waals surface area contributed by atoms with Crippen molar-refractivity contribution < 1.29 is 28.5 Å². The summed E-state index contributed by atoms with van der Waals surface area (Å²) in [6.07, 6.45) is -3.93. The zero-order chi connectivity index (χ0) is 22.8. The average Bonchev–Trinajstić information content (AvgIpc) is 3.12. The van der Waals surface area contributed by atoms with Crippen molar-refractivity contribution in [3.63, 3.8) is 0 Å². The predicted molar refractivity (Wildman–Crippen MR) is 115 cm³/mol. The van der Waals surface area contributed by atoms with Crippen molar-refractivity contribution in [1.29, 1.82) is 0 Å². The van der Waals surface area contributed by atoms with Crippen LogP contribution in [0, 0.1) is 11.6 Å². The van der Waals surface area contributed by atoms with Crippen LogP contribution in [0.25, 0.3) is 11.1 Å². The Morgan fingerprint density at radius 1 is 1.00 bits per heavy atom. The van der Waals surface area contributed by atoms with Gasteiger partial charge in [0.15, 0.2) is 0 Å². The molecule has 1 aliphatic carbocycles. The lowest BCUT2D eigenvalue weighted by atomic mass is 9.98. The molecule has 0 aromatic heterocycles. The molecule has 5 N–H and O–H groups in total. The highest BCUT2D eigenvalue weighted by Crippen LogP contribution is 2.44. The van der Waals surface area contributed by atoms with Crippen LogP contribution < -0.4 is 11.1 Å². The molecule has 6 nitrogen and oxygen atoms in total. The second-order valence-corrected chi connectivity index (χ2v) is 7.62. The van der Waals surface area contributed by atoms with Crippen LogP contribution in [0.5, 0.6) is 0 Å².